The summed E-state index contributed by atoms with van der Waals surface area (Å²) in [5.74, 6) is 2.08. The summed E-state index contributed by atoms with van der Waals surface area (Å²) in [4.78, 5) is 4.25. The van der Waals surface area contributed by atoms with Gasteiger partial charge in [-0.3, -0.25) is 0 Å². The highest BCUT2D eigenvalue weighted by molar-refractivity contribution is 6.32. The van der Waals surface area contributed by atoms with Crippen molar-refractivity contribution in [1.82, 2.24) is 4.98 Å². The van der Waals surface area contributed by atoms with E-state index in [0.29, 0.717) is 28.2 Å². The molecular weight excluding hydrogens is 402 g/mol. The molecule has 1 N–H and O–H groups in total. The van der Waals surface area contributed by atoms with Crippen molar-refractivity contribution in [3.63, 3.8) is 0 Å². The number of nitrogens with one attached hydrogen (secondary N) is 1. The van der Waals surface area contributed by atoms with Gasteiger partial charge in [-0.15, -0.1) is 0 Å². The second-order valence-corrected chi connectivity index (χ2v) is 6.98. The zero-order valence-electron chi connectivity index (χ0n) is 16.1. The standard InChI is InChI=1S/C23H18ClN3O3/c1-15(16-7-3-2-4-8-16)26-22-19(13-25)27-23(30-22)21-12-11-17(29-21)14-28-20-10-6-5-9-18(20)24/h2-12,15,26H,14H2,1H3/t15-/m1/s1. The van der Waals surface area contributed by atoms with E-state index in [4.69, 9.17) is 25.2 Å². The van der Waals surface area contributed by atoms with Crippen LogP contribution in [0.5, 0.6) is 5.75 Å². The van der Waals surface area contributed by atoms with Gasteiger partial charge in [-0.25, -0.2) is 0 Å². The Labute approximate surface area is 178 Å². The van der Waals surface area contributed by atoms with Crippen LogP contribution in [0.3, 0.4) is 0 Å². The number of nitriles is 1. The van der Waals surface area contributed by atoms with Gasteiger partial charge in [0.1, 0.15) is 24.2 Å². The lowest BCUT2D eigenvalue weighted by Crippen LogP contribution is -2.06. The Morgan fingerprint density at radius 1 is 1.07 bits per heavy atom. The van der Waals surface area contributed by atoms with Crippen molar-refractivity contribution in [2.75, 3.05) is 5.32 Å². The van der Waals surface area contributed by atoms with Crippen LogP contribution in [0, 0.1) is 11.3 Å². The number of rotatable bonds is 7. The van der Waals surface area contributed by atoms with Gasteiger partial charge in [0, 0.05) is 0 Å². The van der Waals surface area contributed by atoms with Crippen molar-refractivity contribution in [3.05, 3.63) is 88.8 Å². The van der Waals surface area contributed by atoms with Gasteiger partial charge in [0.05, 0.1) is 11.1 Å². The number of anilines is 1. The van der Waals surface area contributed by atoms with Crippen LogP contribution in [-0.4, -0.2) is 4.98 Å². The summed E-state index contributed by atoms with van der Waals surface area (Å²) in [6.07, 6.45) is 0. The van der Waals surface area contributed by atoms with Crippen molar-refractivity contribution in [1.29, 1.82) is 5.26 Å². The summed E-state index contributed by atoms with van der Waals surface area (Å²) in [5.41, 5.74) is 1.23. The van der Waals surface area contributed by atoms with Crippen LogP contribution in [0.4, 0.5) is 5.88 Å². The highest BCUT2D eigenvalue weighted by Gasteiger charge is 2.19. The second kappa shape index (κ2) is 8.76. The van der Waals surface area contributed by atoms with Crippen LogP contribution >= 0.6 is 11.6 Å². The van der Waals surface area contributed by atoms with Crippen molar-refractivity contribution < 1.29 is 13.6 Å². The maximum absolute atomic E-state index is 9.43. The summed E-state index contributed by atoms with van der Waals surface area (Å²) < 4.78 is 17.2. The molecule has 0 saturated carbocycles. The molecule has 7 heteroatoms. The number of furan rings is 1. The molecule has 0 unspecified atom stereocenters. The molecule has 4 aromatic rings. The smallest absolute Gasteiger partial charge is 0.266 e. The van der Waals surface area contributed by atoms with Gasteiger partial charge in [0.25, 0.3) is 5.89 Å². The van der Waals surface area contributed by atoms with Crippen molar-refractivity contribution >= 4 is 17.5 Å². The van der Waals surface area contributed by atoms with E-state index in [2.05, 4.69) is 16.4 Å². The molecule has 0 bridgehead atoms. The van der Waals surface area contributed by atoms with E-state index in [1.807, 2.05) is 49.4 Å². The zero-order valence-corrected chi connectivity index (χ0v) is 16.9. The lowest BCUT2D eigenvalue weighted by Gasteiger charge is -2.12. The minimum atomic E-state index is -0.0599. The fourth-order valence-electron chi connectivity index (χ4n) is 2.90. The summed E-state index contributed by atoms with van der Waals surface area (Å²) >= 11 is 6.10. The molecule has 30 heavy (non-hydrogen) atoms. The van der Waals surface area contributed by atoms with Crippen molar-refractivity contribution in [2.45, 2.75) is 19.6 Å². The highest BCUT2D eigenvalue weighted by Crippen LogP contribution is 2.30. The van der Waals surface area contributed by atoms with E-state index >= 15 is 0 Å². The number of oxazole rings is 1. The van der Waals surface area contributed by atoms with Gasteiger partial charge in [0.15, 0.2) is 5.76 Å². The molecule has 6 nitrogen and oxygen atoms in total. The Balaban J connectivity index is 1.48. The Bertz CT molecular complexity index is 1180. The van der Waals surface area contributed by atoms with E-state index in [-0.39, 0.29) is 24.2 Å². The number of hydrogen-bond donors (Lipinski definition) is 1. The predicted octanol–water partition coefficient (Wildman–Crippen LogP) is 6.21. The summed E-state index contributed by atoms with van der Waals surface area (Å²) in [6, 6.07) is 22.6. The third kappa shape index (κ3) is 4.32. The number of benzene rings is 2. The number of para-hydroxylation sites is 1. The minimum absolute atomic E-state index is 0.0599. The van der Waals surface area contributed by atoms with E-state index < -0.39 is 0 Å². The molecule has 0 fully saturated rings. The number of hydrogen-bond acceptors (Lipinski definition) is 6. The lowest BCUT2D eigenvalue weighted by molar-refractivity contribution is 0.271. The van der Waals surface area contributed by atoms with Crippen LogP contribution in [0.25, 0.3) is 11.7 Å². The monoisotopic (exact) mass is 419 g/mol. The van der Waals surface area contributed by atoms with Crippen LogP contribution in [0.2, 0.25) is 5.02 Å². The molecule has 0 aliphatic carbocycles. The fourth-order valence-corrected chi connectivity index (χ4v) is 3.09. The van der Waals surface area contributed by atoms with E-state index in [0.717, 1.165) is 5.56 Å². The number of ether oxygens (including phenoxy) is 1. The first kappa shape index (κ1) is 19.6. The minimum Gasteiger partial charge on any atom is -0.484 e. The van der Waals surface area contributed by atoms with Crippen LogP contribution in [0.1, 0.15) is 30.0 Å². The molecule has 2 aromatic heterocycles. The molecule has 0 amide bonds. The Morgan fingerprint density at radius 3 is 2.60 bits per heavy atom. The molecule has 0 radical (unpaired) electrons. The van der Waals surface area contributed by atoms with Crippen LogP contribution < -0.4 is 10.1 Å². The average Bonchev–Trinajstić information content (AvgIpc) is 3.40. The first-order valence-electron chi connectivity index (χ1n) is 9.33. The first-order valence-corrected chi connectivity index (χ1v) is 9.70. The third-order valence-electron chi connectivity index (χ3n) is 4.46. The summed E-state index contributed by atoms with van der Waals surface area (Å²) in [5, 5.41) is 13.1. The normalized spacial score (nSPS) is 11.6. The molecular formula is C23H18ClN3O3. The molecule has 0 aliphatic rings. The van der Waals surface area contributed by atoms with E-state index in [9.17, 15) is 5.26 Å². The van der Waals surface area contributed by atoms with Gasteiger partial charge in [-0.1, -0.05) is 54.1 Å². The summed E-state index contributed by atoms with van der Waals surface area (Å²) in [6.45, 7) is 2.18. The number of halogens is 1. The van der Waals surface area contributed by atoms with Gasteiger partial charge in [-0.2, -0.15) is 10.2 Å². The molecule has 150 valence electrons. The van der Waals surface area contributed by atoms with Crippen molar-refractivity contribution in [3.8, 4) is 23.5 Å². The van der Waals surface area contributed by atoms with Gasteiger partial charge in [-0.05, 0) is 36.8 Å². The SMILES string of the molecule is C[C@@H](Nc1oc(-c2ccc(COc3ccccc3Cl)o2)nc1C#N)c1ccccc1. The van der Waals surface area contributed by atoms with E-state index in [1.165, 1.54) is 0 Å². The van der Waals surface area contributed by atoms with E-state index in [1.54, 1.807) is 24.3 Å². The van der Waals surface area contributed by atoms with Crippen LogP contribution in [0.15, 0.2) is 75.6 Å². The second-order valence-electron chi connectivity index (χ2n) is 6.57. The van der Waals surface area contributed by atoms with Gasteiger partial charge < -0.3 is 18.9 Å². The fraction of sp³-hybridized carbons (Fsp3) is 0.130. The predicted molar refractivity (Wildman–Crippen MR) is 113 cm³/mol. The quantitative estimate of drug-likeness (QED) is 0.383. The molecule has 4 rings (SSSR count). The maximum Gasteiger partial charge on any atom is 0.266 e. The molecule has 1 atom stereocenters. The molecule has 2 aromatic carbocycles. The van der Waals surface area contributed by atoms with Crippen molar-refractivity contribution in [2.24, 2.45) is 0 Å². The maximum atomic E-state index is 9.43. The topological polar surface area (TPSA) is 84.2 Å². The van der Waals surface area contributed by atoms with Gasteiger partial charge in [0.2, 0.25) is 11.6 Å². The number of aromatic nitrogens is 1. The zero-order chi connectivity index (χ0) is 20.9. The number of nitrogens with zero attached hydrogens (tertiary/aromatic N) is 2. The Morgan fingerprint density at radius 2 is 1.83 bits per heavy atom. The summed E-state index contributed by atoms with van der Waals surface area (Å²) in [7, 11) is 0. The van der Waals surface area contributed by atoms with Crippen LogP contribution in [-0.2, 0) is 6.61 Å². The molecule has 0 spiro atoms. The Hall–Kier alpha value is -3.69. The average molecular weight is 420 g/mol. The van der Waals surface area contributed by atoms with Gasteiger partial charge >= 0.3 is 0 Å². The highest BCUT2D eigenvalue weighted by atomic mass is 35.5. The molecule has 2 heterocycles. The molecule has 0 aliphatic heterocycles. The largest absolute Gasteiger partial charge is 0.484 e. The Kier molecular flexibility index (Phi) is 5.73. The molecule has 0 saturated heterocycles. The first-order chi connectivity index (χ1) is 14.6. The lowest BCUT2D eigenvalue weighted by atomic mass is 10.1. The third-order valence-corrected chi connectivity index (χ3v) is 4.77.